The maximum atomic E-state index is 12.6. The van der Waals surface area contributed by atoms with Gasteiger partial charge in [-0.1, -0.05) is 29.4 Å². The smallest absolute Gasteiger partial charge is 0.234 e. The van der Waals surface area contributed by atoms with Gasteiger partial charge in [-0.05, 0) is 86.0 Å². The molecule has 0 spiro atoms. The second-order valence-corrected chi connectivity index (χ2v) is 11.4. The molecular formula is C28H26ClN5O2S2. The summed E-state index contributed by atoms with van der Waals surface area (Å²) in [6, 6.07) is 17.8. The fourth-order valence-electron chi connectivity index (χ4n) is 3.91. The van der Waals surface area contributed by atoms with E-state index in [9.17, 15) is 4.79 Å². The summed E-state index contributed by atoms with van der Waals surface area (Å²) in [5.41, 5.74) is 5.90. The van der Waals surface area contributed by atoms with Crippen molar-refractivity contribution in [2.45, 2.75) is 32.5 Å². The maximum Gasteiger partial charge on any atom is 0.234 e. The van der Waals surface area contributed by atoms with Gasteiger partial charge in [-0.25, -0.2) is 4.98 Å². The molecule has 7 nitrogen and oxygen atoms in total. The lowest BCUT2D eigenvalue weighted by atomic mass is 10.1. The fraction of sp³-hybridized carbons (Fsp3) is 0.214. The highest BCUT2D eigenvalue weighted by Gasteiger charge is 2.13. The van der Waals surface area contributed by atoms with Crippen LogP contribution in [0.25, 0.3) is 20.8 Å². The number of anilines is 1. The van der Waals surface area contributed by atoms with E-state index in [1.54, 1.807) is 11.3 Å². The van der Waals surface area contributed by atoms with Crippen molar-refractivity contribution in [1.29, 1.82) is 0 Å². The van der Waals surface area contributed by atoms with E-state index in [2.05, 4.69) is 34.6 Å². The SMILES string of the molecule is Cc1ccc2nc(-c3ccc(NC(=O)CSc4nnc(COc5cc(C)c(Cl)c(C)c5)n4C)cc3)sc2c1. The minimum atomic E-state index is -0.119. The van der Waals surface area contributed by atoms with Crippen molar-refractivity contribution in [3.05, 3.63) is 82.1 Å². The highest BCUT2D eigenvalue weighted by molar-refractivity contribution is 7.99. The van der Waals surface area contributed by atoms with Crippen molar-refractivity contribution in [2.24, 2.45) is 7.05 Å². The molecule has 0 aliphatic carbocycles. The maximum absolute atomic E-state index is 12.6. The molecule has 0 unspecified atom stereocenters. The number of thiazole rings is 1. The Morgan fingerprint density at radius 3 is 2.53 bits per heavy atom. The second-order valence-electron chi connectivity index (χ2n) is 9.02. The summed E-state index contributed by atoms with van der Waals surface area (Å²) in [6.07, 6.45) is 0. The molecule has 5 aromatic rings. The van der Waals surface area contributed by atoms with Crippen molar-refractivity contribution in [3.63, 3.8) is 0 Å². The summed E-state index contributed by atoms with van der Waals surface area (Å²) in [5.74, 6) is 1.48. The van der Waals surface area contributed by atoms with Crippen LogP contribution in [0.2, 0.25) is 5.02 Å². The van der Waals surface area contributed by atoms with Crippen LogP contribution in [0, 0.1) is 20.8 Å². The topological polar surface area (TPSA) is 81.9 Å². The molecule has 3 aromatic carbocycles. The number of rotatable bonds is 8. The third-order valence-electron chi connectivity index (χ3n) is 5.99. The van der Waals surface area contributed by atoms with Crippen molar-refractivity contribution in [2.75, 3.05) is 11.1 Å². The number of ether oxygens (including phenoxy) is 1. The van der Waals surface area contributed by atoms with E-state index in [0.717, 1.165) is 43.7 Å². The van der Waals surface area contributed by atoms with Crippen LogP contribution in [0.1, 0.15) is 22.5 Å². The number of nitrogens with one attached hydrogen (secondary N) is 1. The molecule has 1 amide bonds. The highest BCUT2D eigenvalue weighted by Crippen LogP contribution is 2.31. The molecule has 1 N–H and O–H groups in total. The molecule has 0 aliphatic rings. The minimum absolute atomic E-state index is 0.119. The monoisotopic (exact) mass is 563 g/mol. The first-order valence-electron chi connectivity index (χ1n) is 11.9. The standard InChI is InChI=1S/C28H26ClN5O2S2/c1-16-5-10-22-23(11-16)38-27(31-22)19-6-8-20(9-7-19)30-25(35)15-37-28-33-32-24(34(28)4)14-36-21-12-17(2)26(29)18(3)13-21/h5-13H,14-15H2,1-4H3,(H,30,35). The molecule has 194 valence electrons. The zero-order chi connectivity index (χ0) is 26.8. The molecule has 10 heteroatoms. The number of fused-ring (bicyclic) bond motifs is 1. The molecule has 0 aliphatic heterocycles. The molecule has 2 heterocycles. The van der Waals surface area contributed by atoms with Gasteiger partial charge in [0.05, 0.1) is 16.0 Å². The molecule has 2 aromatic heterocycles. The lowest BCUT2D eigenvalue weighted by Crippen LogP contribution is -2.14. The molecule has 0 fully saturated rings. The van der Waals surface area contributed by atoms with E-state index < -0.39 is 0 Å². The Morgan fingerprint density at radius 1 is 1.05 bits per heavy atom. The predicted octanol–water partition coefficient (Wildman–Crippen LogP) is 6.98. The summed E-state index contributed by atoms with van der Waals surface area (Å²) >= 11 is 9.23. The number of carbonyl (C=O) groups excluding carboxylic acids is 1. The van der Waals surface area contributed by atoms with Gasteiger partial charge in [0.25, 0.3) is 0 Å². The Bertz CT molecular complexity index is 1610. The van der Waals surface area contributed by atoms with Gasteiger partial charge in [0.15, 0.2) is 11.0 Å². The Labute approximate surface area is 234 Å². The number of benzene rings is 3. The highest BCUT2D eigenvalue weighted by atomic mass is 35.5. The van der Waals surface area contributed by atoms with Crippen LogP contribution in [0.15, 0.2) is 59.8 Å². The van der Waals surface area contributed by atoms with E-state index in [1.807, 2.05) is 67.9 Å². The molecule has 0 saturated heterocycles. The summed E-state index contributed by atoms with van der Waals surface area (Å²) in [7, 11) is 1.86. The van der Waals surface area contributed by atoms with Gasteiger partial charge in [-0.3, -0.25) is 4.79 Å². The van der Waals surface area contributed by atoms with Crippen LogP contribution in [-0.2, 0) is 18.4 Å². The quantitative estimate of drug-likeness (QED) is 0.205. The summed E-state index contributed by atoms with van der Waals surface area (Å²) in [5, 5.41) is 13.7. The summed E-state index contributed by atoms with van der Waals surface area (Å²) in [6.45, 7) is 6.23. The molecule has 0 radical (unpaired) electrons. The Balaban J connectivity index is 1.15. The Kier molecular flexibility index (Phi) is 7.69. The lowest BCUT2D eigenvalue weighted by molar-refractivity contribution is -0.113. The van der Waals surface area contributed by atoms with E-state index in [1.165, 1.54) is 22.0 Å². The van der Waals surface area contributed by atoms with Gasteiger partial charge in [0.1, 0.15) is 17.4 Å². The Hall–Kier alpha value is -3.40. The normalized spacial score (nSPS) is 11.2. The van der Waals surface area contributed by atoms with Crippen LogP contribution >= 0.6 is 34.7 Å². The summed E-state index contributed by atoms with van der Waals surface area (Å²) in [4.78, 5) is 17.3. The number of aryl methyl sites for hydroxylation is 3. The zero-order valence-electron chi connectivity index (χ0n) is 21.4. The number of aromatic nitrogens is 4. The van der Waals surface area contributed by atoms with Crippen molar-refractivity contribution in [3.8, 4) is 16.3 Å². The van der Waals surface area contributed by atoms with Crippen LogP contribution < -0.4 is 10.1 Å². The molecular weight excluding hydrogens is 538 g/mol. The average Bonchev–Trinajstić information content (AvgIpc) is 3.47. The van der Waals surface area contributed by atoms with Gasteiger partial charge in [-0.2, -0.15) is 0 Å². The first-order chi connectivity index (χ1) is 18.3. The number of thioether (sulfide) groups is 1. The van der Waals surface area contributed by atoms with Gasteiger partial charge in [0, 0.05) is 23.3 Å². The third-order valence-corrected chi connectivity index (χ3v) is 8.68. The van der Waals surface area contributed by atoms with Gasteiger partial charge in [0.2, 0.25) is 5.91 Å². The van der Waals surface area contributed by atoms with E-state index >= 15 is 0 Å². The summed E-state index contributed by atoms with van der Waals surface area (Å²) < 4.78 is 8.90. The van der Waals surface area contributed by atoms with Gasteiger partial charge in [-0.15, -0.1) is 21.5 Å². The van der Waals surface area contributed by atoms with Gasteiger partial charge >= 0.3 is 0 Å². The third kappa shape index (κ3) is 5.85. The predicted molar refractivity (Wildman–Crippen MR) is 155 cm³/mol. The van der Waals surface area contributed by atoms with E-state index in [-0.39, 0.29) is 18.3 Å². The van der Waals surface area contributed by atoms with Crippen LogP contribution in [0.3, 0.4) is 0 Å². The number of halogens is 1. The minimum Gasteiger partial charge on any atom is -0.486 e. The van der Waals surface area contributed by atoms with Crippen molar-refractivity contribution in [1.82, 2.24) is 19.7 Å². The zero-order valence-corrected chi connectivity index (χ0v) is 23.8. The Morgan fingerprint density at radius 2 is 1.79 bits per heavy atom. The fourth-order valence-corrected chi connectivity index (χ4v) is 5.82. The molecule has 0 bridgehead atoms. The van der Waals surface area contributed by atoms with Crippen molar-refractivity contribution < 1.29 is 9.53 Å². The van der Waals surface area contributed by atoms with Gasteiger partial charge < -0.3 is 14.6 Å². The first-order valence-corrected chi connectivity index (χ1v) is 14.1. The molecule has 0 saturated carbocycles. The number of amides is 1. The molecule has 0 atom stereocenters. The number of nitrogens with zero attached hydrogens (tertiary/aromatic N) is 4. The van der Waals surface area contributed by atoms with Crippen molar-refractivity contribution >= 4 is 56.5 Å². The molecule has 38 heavy (non-hydrogen) atoms. The van der Waals surface area contributed by atoms with Crippen LogP contribution in [-0.4, -0.2) is 31.4 Å². The lowest BCUT2D eigenvalue weighted by Gasteiger charge is -2.10. The van der Waals surface area contributed by atoms with Crippen LogP contribution in [0.5, 0.6) is 5.75 Å². The van der Waals surface area contributed by atoms with E-state index in [4.69, 9.17) is 21.3 Å². The first kappa shape index (κ1) is 26.2. The van der Waals surface area contributed by atoms with E-state index in [0.29, 0.717) is 11.0 Å². The number of hydrogen-bond donors (Lipinski definition) is 1. The largest absolute Gasteiger partial charge is 0.486 e. The number of hydrogen-bond acceptors (Lipinski definition) is 7. The van der Waals surface area contributed by atoms with Crippen LogP contribution in [0.4, 0.5) is 5.69 Å². The molecule has 5 rings (SSSR count). The average molecular weight is 564 g/mol. The second kappa shape index (κ2) is 11.1. The number of carbonyl (C=O) groups is 1.